The number of nitrogens with zero attached hydrogens (tertiary/aromatic N) is 4. The highest BCUT2D eigenvalue weighted by molar-refractivity contribution is 6.14. The topological polar surface area (TPSA) is 59.8 Å². The van der Waals surface area contributed by atoms with E-state index < -0.39 is 0 Å². The number of hydrogen-bond acceptors (Lipinski definition) is 6. The van der Waals surface area contributed by atoms with Crippen LogP contribution < -0.4 is 9.64 Å². The molecule has 5 rings (SSSR count). The van der Waals surface area contributed by atoms with Crippen molar-refractivity contribution in [3.8, 4) is 5.75 Å². The SMILES string of the molecule is COC1CCN(c2cc(C3=NCc4ccc(OC5(C)CC5)cc43)ncn2)CC1. The van der Waals surface area contributed by atoms with Crippen molar-refractivity contribution in [1.29, 1.82) is 0 Å². The van der Waals surface area contributed by atoms with E-state index >= 15 is 0 Å². The first-order valence-corrected chi connectivity index (χ1v) is 10.1. The predicted octanol–water partition coefficient (Wildman–Crippen LogP) is 3.37. The first-order chi connectivity index (χ1) is 13.6. The number of ether oxygens (including phenoxy) is 2. The van der Waals surface area contributed by atoms with Gasteiger partial charge in [0.25, 0.3) is 0 Å². The smallest absolute Gasteiger partial charge is 0.132 e. The third-order valence-electron chi connectivity index (χ3n) is 6.06. The molecule has 2 aliphatic heterocycles. The molecule has 146 valence electrons. The summed E-state index contributed by atoms with van der Waals surface area (Å²) in [5.41, 5.74) is 4.19. The van der Waals surface area contributed by atoms with E-state index in [-0.39, 0.29) is 5.60 Å². The summed E-state index contributed by atoms with van der Waals surface area (Å²) >= 11 is 0. The van der Waals surface area contributed by atoms with E-state index in [0.29, 0.717) is 12.6 Å². The Morgan fingerprint density at radius 2 is 1.93 bits per heavy atom. The van der Waals surface area contributed by atoms with Gasteiger partial charge in [-0.1, -0.05) is 6.07 Å². The number of anilines is 1. The summed E-state index contributed by atoms with van der Waals surface area (Å²) in [7, 11) is 1.79. The number of aliphatic imine (C=N–C) groups is 1. The lowest BCUT2D eigenvalue weighted by atomic mass is 10.0. The molecule has 0 atom stereocenters. The van der Waals surface area contributed by atoms with Gasteiger partial charge < -0.3 is 14.4 Å². The number of hydrogen-bond donors (Lipinski definition) is 0. The number of benzene rings is 1. The van der Waals surface area contributed by atoms with Gasteiger partial charge in [-0.3, -0.25) is 4.99 Å². The van der Waals surface area contributed by atoms with Crippen LogP contribution in [0, 0.1) is 0 Å². The van der Waals surface area contributed by atoms with E-state index in [1.807, 2.05) is 0 Å². The summed E-state index contributed by atoms with van der Waals surface area (Å²) < 4.78 is 11.6. The number of methoxy groups -OCH3 is 1. The van der Waals surface area contributed by atoms with E-state index in [1.54, 1.807) is 13.4 Å². The number of piperidine rings is 1. The molecule has 6 nitrogen and oxygen atoms in total. The predicted molar refractivity (Wildman–Crippen MR) is 108 cm³/mol. The Labute approximate surface area is 165 Å². The third-order valence-corrected chi connectivity index (χ3v) is 6.06. The average molecular weight is 378 g/mol. The molecule has 0 unspecified atom stereocenters. The normalized spacial score (nSPS) is 20.6. The zero-order chi connectivity index (χ0) is 19.1. The summed E-state index contributed by atoms with van der Waals surface area (Å²) in [6, 6.07) is 8.38. The van der Waals surface area contributed by atoms with Crippen LogP contribution in [0.3, 0.4) is 0 Å². The summed E-state index contributed by atoms with van der Waals surface area (Å²) in [6.45, 7) is 4.77. The van der Waals surface area contributed by atoms with Gasteiger partial charge in [0.1, 0.15) is 23.5 Å². The monoisotopic (exact) mass is 378 g/mol. The molecule has 2 fully saturated rings. The fourth-order valence-electron chi connectivity index (χ4n) is 3.98. The van der Waals surface area contributed by atoms with Gasteiger partial charge >= 0.3 is 0 Å². The molecule has 1 saturated carbocycles. The van der Waals surface area contributed by atoms with Crippen molar-refractivity contribution >= 4 is 11.5 Å². The van der Waals surface area contributed by atoms with Gasteiger partial charge in [0.2, 0.25) is 0 Å². The van der Waals surface area contributed by atoms with Gasteiger partial charge in [0.15, 0.2) is 0 Å². The summed E-state index contributed by atoms with van der Waals surface area (Å²) in [5, 5.41) is 0. The fourth-order valence-corrected chi connectivity index (χ4v) is 3.98. The maximum atomic E-state index is 6.15. The van der Waals surface area contributed by atoms with Crippen LogP contribution in [0.4, 0.5) is 5.82 Å². The van der Waals surface area contributed by atoms with Crippen molar-refractivity contribution in [3.05, 3.63) is 47.4 Å². The van der Waals surface area contributed by atoms with Gasteiger partial charge in [-0.25, -0.2) is 9.97 Å². The Bertz CT molecular complexity index is 915. The maximum Gasteiger partial charge on any atom is 0.132 e. The molecule has 3 aliphatic rings. The summed E-state index contributed by atoms with van der Waals surface area (Å²) in [5.74, 6) is 1.89. The molecule has 6 heteroatoms. The van der Waals surface area contributed by atoms with E-state index in [4.69, 9.17) is 14.5 Å². The summed E-state index contributed by atoms with van der Waals surface area (Å²) in [6.07, 6.45) is 6.31. The fraction of sp³-hybridized carbons (Fsp3) is 0.500. The third kappa shape index (κ3) is 3.37. The Morgan fingerprint density at radius 1 is 1.11 bits per heavy atom. The second-order valence-corrected chi connectivity index (χ2v) is 8.22. The van der Waals surface area contributed by atoms with Crippen molar-refractivity contribution in [1.82, 2.24) is 9.97 Å². The molecule has 2 aromatic rings. The van der Waals surface area contributed by atoms with Crippen LogP contribution in [-0.4, -0.2) is 47.6 Å². The summed E-state index contributed by atoms with van der Waals surface area (Å²) in [4.78, 5) is 16.1. The van der Waals surface area contributed by atoms with Crippen LogP contribution in [-0.2, 0) is 11.3 Å². The van der Waals surface area contributed by atoms with Crippen LogP contribution in [0.15, 0.2) is 35.6 Å². The van der Waals surface area contributed by atoms with Gasteiger partial charge in [-0.05, 0) is 50.3 Å². The van der Waals surface area contributed by atoms with Gasteiger partial charge in [0, 0.05) is 31.8 Å². The van der Waals surface area contributed by atoms with Crippen molar-refractivity contribution in [3.63, 3.8) is 0 Å². The number of rotatable bonds is 5. The lowest BCUT2D eigenvalue weighted by molar-refractivity contribution is 0.0818. The second kappa shape index (κ2) is 6.85. The highest BCUT2D eigenvalue weighted by Gasteiger charge is 2.40. The number of aromatic nitrogens is 2. The van der Waals surface area contributed by atoms with E-state index in [0.717, 1.165) is 67.3 Å². The van der Waals surface area contributed by atoms with E-state index in [1.165, 1.54) is 5.56 Å². The molecule has 1 aromatic heterocycles. The molecular formula is C22H26N4O2. The van der Waals surface area contributed by atoms with Crippen LogP contribution in [0.1, 0.15) is 49.4 Å². The molecule has 0 radical (unpaired) electrons. The highest BCUT2D eigenvalue weighted by Crippen LogP contribution is 2.40. The minimum Gasteiger partial charge on any atom is -0.488 e. The van der Waals surface area contributed by atoms with Crippen molar-refractivity contribution in [2.75, 3.05) is 25.1 Å². The molecule has 0 spiro atoms. The van der Waals surface area contributed by atoms with Crippen LogP contribution in [0.2, 0.25) is 0 Å². The molecule has 1 saturated heterocycles. The minimum atomic E-state index is 0.0144. The Morgan fingerprint density at radius 3 is 2.68 bits per heavy atom. The molecule has 1 aromatic carbocycles. The van der Waals surface area contributed by atoms with Crippen LogP contribution >= 0.6 is 0 Å². The largest absolute Gasteiger partial charge is 0.488 e. The molecular weight excluding hydrogens is 352 g/mol. The Balaban J connectivity index is 1.39. The molecule has 28 heavy (non-hydrogen) atoms. The van der Waals surface area contributed by atoms with Gasteiger partial charge in [-0.15, -0.1) is 0 Å². The Hall–Kier alpha value is -2.47. The molecule has 0 N–H and O–H groups in total. The van der Waals surface area contributed by atoms with E-state index in [2.05, 4.69) is 46.1 Å². The standard InChI is InChI=1S/C22H26N4O2/c1-22(7-8-22)28-17-4-3-15-13-23-21(18(15)11-17)19-12-20(25-14-24-19)26-9-5-16(27-2)6-10-26/h3-4,11-12,14,16H,5-10,13H2,1-2H3. The highest BCUT2D eigenvalue weighted by atomic mass is 16.5. The first-order valence-electron chi connectivity index (χ1n) is 10.1. The minimum absolute atomic E-state index is 0.0144. The quantitative estimate of drug-likeness (QED) is 0.798. The zero-order valence-corrected chi connectivity index (χ0v) is 16.5. The van der Waals surface area contributed by atoms with Crippen molar-refractivity contribution in [2.45, 2.75) is 50.9 Å². The van der Waals surface area contributed by atoms with Gasteiger partial charge in [0.05, 0.1) is 24.1 Å². The maximum absolute atomic E-state index is 6.15. The van der Waals surface area contributed by atoms with Crippen LogP contribution in [0.25, 0.3) is 0 Å². The number of fused-ring (bicyclic) bond motifs is 1. The lowest BCUT2D eigenvalue weighted by Crippen LogP contribution is -2.37. The molecule has 0 bridgehead atoms. The first kappa shape index (κ1) is 17.6. The van der Waals surface area contributed by atoms with E-state index in [9.17, 15) is 0 Å². The van der Waals surface area contributed by atoms with Crippen molar-refractivity contribution in [2.24, 2.45) is 4.99 Å². The second-order valence-electron chi connectivity index (χ2n) is 8.22. The molecule has 3 heterocycles. The average Bonchev–Trinajstić information content (AvgIpc) is 3.30. The lowest BCUT2D eigenvalue weighted by Gasteiger charge is -2.32. The zero-order valence-electron chi connectivity index (χ0n) is 16.5. The van der Waals surface area contributed by atoms with Crippen molar-refractivity contribution < 1.29 is 9.47 Å². The van der Waals surface area contributed by atoms with Gasteiger partial charge in [-0.2, -0.15) is 0 Å². The molecule has 0 amide bonds. The van der Waals surface area contributed by atoms with Crippen LogP contribution in [0.5, 0.6) is 5.75 Å². The molecule has 1 aliphatic carbocycles. The Kier molecular flexibility index (Phi) is 4.31.